The molecule has 0 spiro atoms. The fourth-order valence-corrected chi connectivity index (χ4v) is 1.51. The summed E-state index contributed by atoms with van der Waals surface area (Å²) >= 11 is 0. The number of carbonyl (C=O) groups is 1. The molecule has 0 heterocycles. The van der Waals surface area contributed by atoms with Gasteiger partial charge >= 0.3 is 0 Å². The number of aryl methyl sites for hydroxylation is 1. The lowest BCUT2D eigenvalue weighted by molar-refractivity contribution is 0.0917. The predicted octanol–water partition coefficient (Wildman–Crippen LogP) is 2.30. The van der Waals surface area contributed by atoms with Gasteiger partial charge in [0.2, 0.25) is 0 Å². The molecule has 0 fully saturated rings. The van der Waals surface area contributed by atoms with E-state index in [1.165, 1.54) is 6.07 Å². The predicted molar refractivity (Wildman–Crippen MR) is 58.3 cm³/mol. The largest absolute Gasteiger partial charge is 0.330 e. The summed E-state index contributed by atoms with van der Waals surface area (Å²) in [6.07, 6.45) is 0.642. The second-order valence-electron chi connectivity index (χ2n) is 3.69. The first-order valence-electron chi connectivity index (χ1n) is 5.10. The summed E-state index contributed by atoms with van der Waals surface area (Å²) in [5.41, 5.74) is 6.51. The number of halogens is 1. The third-order valence-electron chi connectivity index (χ3n) is 2.54. The van der Waals surface area contributed by atoms with Gasteiger partial charge in [-0.15, -0.1) is 0 Å². The van der Waals surface area contributed by atoms with Crippen molar-refractivity contribution >= 4 is 5.78 Å². The van der Waals surface area contributed by atoms with Gasteiger partial charge in [0.05, 0.1) is 5.56 Å². The van der Waals surface area contributed by atoms with Gasteiger partial charge in [-0.25, -0.2) is 4.39 Å². The van der Waals surface area contributed by atoms with Gasteiger partial charge in [0.1, 0.15) is 5.82 Å². The van der Waals surface area contributed by atoms with Crippen molar-refractivity contribution in [1.82, 2.24) is 0 Å². The average Bonchev–Trinajstić information content (AvgIpc) is 2.23. The van der Waals surface area contributed by atoms with Gasteiger partial charge in [-0.05, 0) is 25.5 Å². The van der Waals surface area contributed by atoms with Gasteiger partial charge in [-0.3, -0.25) is 4.79 Å². The molecule has 0 bridgehead atoms. The van der Waals surface area contributed by atoms with Gasteiger partial charge in [-0.1, -0.05) is 18.6 Å². The number of ketones is 1. The Morgan fingerprint density at radius 1 is 1.53 bits per heavy atom. The molecule has 0 saturated heterocycles. The normalized spacial score (nSPS) is 12.5. The first-order chi connectivity index (χ1) is 7.10. The van der Waals surface area contributed by atoms with E-state index in [0.717, 1.165) is 5.56 Å². The Morgan fingerprint density at radius 3 is 2.73 bits per heavy atom. The maximum absolute atomic E-state index is 13.4. The lowest BCUT2D eigenvalue weighted by atomic mass is 9.94. The minimum absolute atomic E-state index is 0.160. The quantitative estimate of drug-likeness (QED) is 0.773. The molecule has 1 rings (SSSR count). The molecule has 0 aliphatic carbocycles. The Kier molecular flexibility index (Phi) is 3.97. The van der Waals surface area contributed by atoms with Gasteiger partial charge < -0.3 is 5.73 Å². The second-order valence-corrected chi connectivity index (χ2v) is 3.69. The number of rotatable bonds is 4. The highest BCUT2D eigenvalue weighted by Crippen LogP contribution is 2.16. The molecule has 3 heteroatoms. The van der Waals surface area contributed by atoms with Crippen LogP contribution in [0, 0.1) is 18.7 Å². The van der Waals surface area contributed by atoms with Gasteiger partial charge in [-0.2, -0.15) is 0 Å². The van der Waals surface area contributed by atoms with E-state index in [1.54, 1.807) is 12.1 Å². The summed E-state index contributed by atoms with van der Waals surface area (Å²) in [5.74, 6) is -0.931. The summed E-state index contributed by atoms with van der Waals surface area (Å²) in [4.78, 5) is 11.9. The van der Waals surface area contributed by atoms with Crippen molar-refractivity contribution in [3.8, 4) is 0 Å². The summed E-state index contributed by atoms with van der Waals surface area (Å²) in [6, 6.07) is 4.55. The minimum atomic E-state index is -0.461. The Balaban J connectivity index is 3.04. The third kappa shape index (κ3) is 2.63. The lowest BCUT2D eigenvalue weighted by Gasteiger charge is -2.11. The van der Waals surface area contributed by atoms with Gasteiger partial charge in [0, 0.05) is 12.5 Å². The van der Waals surface area contributed by atoms with E-state index in [9.17, 15) is 9.18 Å². The van der Waals surface area contributed by atoms with Gasteiger partial charge in [0.15, 0.2) is 5.78 Å². The highest BCUT2D eigenvalue weighted by Gasteiger charge is 2.19. The van der Waals surface area contributed by atoms with Crippen molar-refractivity contribution < 1.29 is 9.18 Å². The monoisotopic (exact) mass is 209 g/mol. The van der Waals surface area contributed by atoms with Crippen LogP contribution in [0.1, 0.15) is 29.3 Å². The molecule has 0 saturated carbocycles. The van der Waals surface area contributed by atoms with Crippen LogP contribution in [0.4, 0.5) is 4.39 Å². The van der Waals surface area contributed by atoms with E-state index in [1.807, 2.05) is 13.8 Å². The highest BCUT2D eigenvalue weighted by atomic mass is 19.1. The molecule has 0 aliphatic rings. The molecular formula is C12H16FNO. The zero-order chi connectivity index (χ0) is 11.4. The Morgan fingerprint density at radius 2 is 2.20 bits per heavy atom. The topological polar surface area (TPSA) is 43.1 Å². The van der Waals surface area contributed by atoms with Crippen LogP contribution in [-0.2, 0) is 0 Å². The fourth-order valence-electron chi connectivity index (χ4n) is 1.51. The van der Waals surface area contributed by atoms with Crippen molar-refractivity contribution in [2.45, 2.75) is 20.3 Å². The SMILES string of the molecule is CCC(CN)C(=O)c1cc(C)ccc1F. The minimum Gasteiger partial charge on any atom is -0.330 e. The first-order valence-corrected chi connectivity index (χ1v) is 5.10. The fraction of sp³-hybridized carbons (Fsp3) is 0.417. The van der Waals surface area contributed by atoms with E-state index < -0.39 is 5.82 Å². The van der Waals surface area contributed by atoms with E-state index in [0.29, 0.717) is 6.42 Å². The van der Waals surface area contributed by atoms with Crippen LogP contribution >= 0.6 is 0 Å². The van der Waals surface area contributed by atoms with Crippen LogP contribution in [-0.4, -0.2) is 12.3 Å². The van der Waals surface area contributed by atoms with E-state index in [4.69, 9.17) is 5.73 Å². The summed E-state index contributed by atoms with van der Waals surface area (Å²) in [6.45, 7) is 3.98. The zero-order valence-corrected chi connectivity index (χ0v) is 9.09. The van der Waals surface area contributed by atoms with Crippen LogP contribution in [0.25, 0.3) is 0 Å². The first kappa shape index (κ1) is 11.9. The molecular weight excluding hydrogens is 193 g/mol. The molecule has 2 N–H and O–H groups in total. The number of carbonyl (C=O) groups excluding carboxylic acids is 1. The van der Waals surface area contributed by atoms with Crippen LogP contribution in [0.2, 0.25) is 0 Å². The molecule has 0 aliphatic heterocycles. The highest BCUT2D eigenvalue weighted by molar-refractivity contribution is 5.98. The number of nitrogens with two attached hydrogens (primary N) is 1. The maximum atomic E-state index is 13.4. The summed E-state index contributed by atoms with van der Waals surface area (Å²) in [5, 5.41) is 0. The molecule has 15 heavy (non-hydrogen) atoms. The molecule has 0 amide bonds. The van der Waals surface area contributed by atoms with E-state index >= 15 is 0 Å². The standard InChI is InChI=1S/C12H16FNO/c1-3-9(7-14)12(15)10-6-8(2)4-5-11(10)13/h4-6,9H,3,7,14H2,1-2H3. The van der Waals surface area contributed by atoms with Crippen molar-refractivity contribution in [2.24, 2.45) is 11.7 Å². The number of benzene rings is 1. The average molecular weight is 209 g/mol. The Labute approximate surface area is 89.3 Å². The lowest BCUT2D eigenvalue weighted by Crippen LogP contribution is -2.23. The van der Waals surface area contributed by atoms with Crippen LogP contribution < -0.4 is 5.73 Å². The molecule has 1 aromatic rings. The van der Waals surface area contributed by atoms with Crippen molar-refractivity contribution in [3.63, 3.8) is 0 Å². The zero-order valence-electron chi connectivity index (χ0n) is 9.09. The number of hydrogen-bond donors (Lipinski definition) is 1. The van der Waals surface area contributed by atoms with E-state index in [2.05, 4.69) is 0 Å². The van der Waals surface area contributed by atoms with Crippen LogP contribution in [0.3, 0.4) is 0 Å². The molecule has 0 aromatic heterocycles. The Hall–Kier alpha value is -1.22. The van der Waals surface area contributed by atoms with Crippen LogP contribution in [0.15, 0.2) is 18.2 Å². The molecule has 0 radical (unpaired) electrons. The second kappa shape index (κ2) is 5.03. The summed E-state index contributed by atoms with van der Waals surface area (Å²) in [7, 11) is 0. The van der Waals surface area contributed by atoms with Crippen molar-refractivity contribution in [2.75, 3.05) is 6.54 Å². The van der Waals surface area contributed by atoms with Crippen LogP contribution in [0.5, 0.6) is 0 Å². The van der Waals surface area contributed by atoms with Crippen molar-refractivity contribution in [1.29, 1.82) is 0 Å². The smallest absolute Gasteiger partial charge is 0.170 e. The van der Waals surface area contributed by atoms with E-state index in [-0.39, 0.29) is 23.8 Å². The maximum Gasteiger partial charge on any atom is 0.170 e. The third-order valence-corrected chi connectivity index (χ3v) is 2.54. The summed E-state index contributed by atoms with van der Waals surface area (Å²) < 4.78 is 13.4. The molecule has 82 valence electrons. The molecule has 1 unspecified atom stereocenters. The Bertz CT molecular complexity index is 359. The van der Waals surface area contributed by atoms with Gasteiger partial charge in [0.25, 0.3) is 0 Å². The molecule has 2 nitrogen and oxygen atoms in total. The number of hydrogen-bond acceptors (Lipinski definition) is 2. The van der Waals surface area contributed by atoms with Crippen molar-refractivity contribution in [3.05, 3.63) is 35.1 Å². The number of Topliss-reactive ketones (excluding diaryl/α,β-unsaturated/α-hetero) is 1. The molecule has 1 atom stereocenters. The molecule has 1 aromatic carbocycles.